The summed E-state index contributed by atoms with van der Waals surface area (Å²) in [5, 5.41) is 0. The second-order valence-electron chi connectivity index (χ2n) is 3.65. The van der Waals surface area contributed by atoms with E-state index in [2.05, 4.69) is 0 Å². The van der Waals surface area contributed by atoms with Gasteiger partial charge in [-0.25, -0.2) is 0 Å². The second kappa shape index (κ2) is 5.24. The van der Waals surface area contributed by atoms with Crippen molar-refractivity contribution in [3.8, 4) is 11.5 Å². The third kappa shape index (κ3) is 3.01. The first kappa shape index (κ1) is 12.1. The van der Waals surface area contributed by atoms with Crippen molar-refractivity contribution >= 4 is 12.4 Å². The van der Waals surface area contributed by atoms with Gasteiger partial charge in [0.05, 0.1) is 7.11 Å². The maximum atomic E-state index is 5.68. The zero-order valence-corrected chi connectivity index (χ0v) is 9.50. The summed E-state index contributed by atoms with van der Waals surface area (Å²) in [7, 11) is 1.65. The van der Waals surface area contributed by atoms with Gasteiger partial charge in [-0.1, -0.05) is 0 Å². The van der Waals surface area contributed by atoms with Gasteiger partial charge in [0.25, 0.3) is 0 Å². The van der Waals surface area contributed by atoms with Crippen LogP contribution in [0.3, 0.4) is 0 Å². The fourth-order valence-corrected chi connectivity index (χ4v) is 1.55. The molecule has 1 aliphatic carbocycles. The third-order valence-electron chi connectivity index (χ3n) is 2.49. The molecule has 1 aliphatic rings. The average Bonchev–Trinajstić information content (AvgIpc) is 2.17. The minimum Gasteiger partial charge on any atom is -0.497 e. The lowest BCUT2D eigenvalue weighted by atomic mass is 9.90. The van der Waals surface area contributed by atoms with Gasteiger partial charge < -0.3 is 15.2 Å². The van der Waals surface area contributed by atoms with Gasteiger partial charge in [-0.05, 0) is 37.1 Å². The molecule has 15 heavy (non-hydrogen) atoms. The number of ether oxygens (including phenoxy) is 2. The van der Waals surface area contributed by atoms with E-state index < -0.39 is 0 Å². The monoisotopic (exact) mass is 229 g/mol. The summed E-state index contributed by atoms with van der Waals surface area (Å²) in [6.45, 7) is 0. The summed E-state index contributed by atoms with van der Waals surface area (Å²) in [5.74, 6) is 1.74. The predicted molar refractivity (Wildman–Crippen MR) is 61.9 cm³/mol. The predicted octanol–water partition coefficient (Wildman–Crippen LogP) is 1.99. The molecule has 0 spiro atoms. The molecule has 1 aromatic rings. The Morgan fingerprint density at radius 3 is 2.13 bits per heavy atom. The first-order valence-electron chi connectivity index (χ1n) is 4.84. The normalized spacial score (nSPS) is 23.6. The van der Waals surface area contributed by atoms with Gasteiger partial charge in [0.15, 0.2) is 0 Å². The Labute approximate surface area is 96.0 Å². The van der Waals surface area contributed by atoms with E-state index >= 15 is 0 Å². The largest absolute Gasteiger partial charge is 0.497 e. The zero-order valence-electron chi connectivity index (χ0n) is 8.68. The van der Waals surface area contributed by atoms with Gasteiger partial charge in [0, 0.05) is 6.04 Å². The number of hydrogen-bond acceptors (Lipinski definition) is 3. The third-order valence-corrected chi connectivity index (χ3v) is 2.49. The lowest BCUT2D eigenvalue weighted by molar-refractivity contribution is 0.101. The maximum Gasteiger partial charge on any atom is 0.119 e. The molecule has 0 bridgehead atoms. The van der Waals surface area contributed by atoms with E-state index in [-0.39, 0.29) is 12.4 Å². The van der Waals surface area contributed by atoms with Crippen molar-refractivity contribution in [3.63, 3.8) is 0 Å². The summed E-state index contributed by atoms with van der Waals surface area (Å²) >= 11 is 0. The molecule has 0 aromatic heterocycles. The van der Waals surface area contributed by atoms with Crippen LogP contribution in [-0.4, -0.2) is 19.3 Å². The van der Waals surface area contributed by atoms with Gasteiger partial charge in [-0.15, -0.1) is 12.4 Å². The molecule has 1 saturated carbocycles. The van der Waals surface area contributed by atoms with Crippen LogP contribution < -0.4 is 15.2 Å². The minimum atomic E-state index is 0. The van der Waals surface area contributed by atoms with Crippen molar-refractivity contribution in [3.05, 3.63) is 24.3 Å². The SMILES string of the molecule is COc1ccc(OC2CC(N)C2)cc1.Cl. The molecule has 0 saturated heterocycles. The quantitative estimate of drug-likeness (QED) is 0.862. The second-order valence-corrected chi connectivity index (χ2v) is 3.65. The standard InChI is InChI=1S/C11H15NO2.ClH/c1-13-9-2-4-10(5-3-9)14-11-6-8(12)7-11;/h2-5,8,11H,6-7,12H2,1H3;1H. The van der Waals surface area contributed by atoms with Crippen molar-refractivity contribution in [1.82, 2.24) is 0 Å². The van der Waals surface area contributed by atoms with Crippen LogP contribution >= 0.6 is 12.4 Å². The van der Waals surface area contributed by atoms with Crippen molar-refractivity contribution in [2.24, 2.45) is 5.73 Å². The number of nitrogens with two attached hydrogens (primary N) is 1. The maximum absolute atomic E-state index is 5.68. The molecular formula is C11H16ClNO2. The lowest BCUT2D eigenvalue weighted by Crippen LogP contribution is -2.43. The smallest absolute Gasteiger partial charge is 0.119 e. The number of hydrogen-bond donors (Lipinski definition) is 1. The van der Waals surface area contributed by atoms with Crippen molar-refractivity contribution < 1.29 is 9.47 Å². The topological polar surface area (TPSA) is 44.5 Å². The van der Waals surface area contributed by atoms with Crippen molar-refractivity contribution in [2.45, 2.75) is 25.0 Å². The fraction of sp³-hybridized carbons (Fsp3) is 0.455. The first-order valence-corrected chi connectivity index (χ1v) is 4.84. The van der Waals surface area contributed by atoms with Crippen LogP contribution in [0.25, 0.3) is 0 Å². The van der Waals surface area contributed by atoms with E-state index in [0.717, 1.165) is 24.3 Å². The summed E-state index contributed by atoms with van der Waals surface area (Å²) in [6.07, 6.45) is 2.23. The molecule has 0 atom stereocenters. The molecule has 3 nitrogen and oxygen atoms in total. The first-order chi connectivity index (χ1) is 6.78. The fourth-order valence-electron chi connectivity index (χ4n) is 1.55. The summed E-state index contributed by atoms with van der Waals surface area (Å²) in [4.78, 5) is 0. The van der Waals surface area contributed by atoms with E-state index in [1.54, 1.807) is 7.11 Å². The van der Waals surface area contributed by atoms with Crippen molar-refractivity contribution in [2.75, 3.05) is 7.11 Å². The summed E-state index contributed by atoms with van der Waals surface area (Å²) in [5.41, 5.74) is 5.67. The van der Waals surface area contributed by atoms with Gasteiger partial charge >= 0.3 is 0 Å². The van der Waals surface area contributed by atoms with E-state index in [1.807, 2.05) is 24.3 Å². The van der Waals surface area contributed by atoms with E-state index in [4.69, 9.17) is 15.2 Å². The Morgan fingerprint density at radius 1 is 1.13 bits per heavy atom. The van der Waals surface area contributed by atoms with Gasteiger partial charge in [-0.3, -0.25) is 0 Å². The molecule has 2 N–H and O–H groups in total. The van der Waals surface area contributed by atoms with E-state index in [0.29, 0.717) is 12.1 Å². The number of methoxy groups -OCH3 is 1. The molecule has 0 amide bonds. The van der Waals surface area contributed by atoms with E-state index in [9.17, 15) is 0 Å². The average molecular weight is 230 g/mol. The highest BCUT2D eigenvalue weighted by molar-refractivity contribution is 5.85. The van der Waals surface area contributed by atoms with Crippen LogP contribution in [0.5, 0.6) is 11.5 Å². The molecule has 2 rings (SSSR count). The van der Waals surface area contributed by atoms with Crippen LogP contribution in [0.2, 0.25) is 0 Å². The Hall–Kier alpha value is -0.930. The summed E-state index contributed by atoms with van der Waals surface area (Å²) in [6, 6.07) is 7.96. The Balaban J connectivity index is 0.00000112. The molecular weight excluding hydrogens is 214 g/mol. The number of benzene rings is 1. The van der Waals surface area contributed by atoms with Crippen LogP contribution in [0.1, 0.15) is 12.8 Å². The molecule has 0 unspecified atom stereocenters. The number of rotatable bonds is 3. The van der Waals surface area contributed by atoms with Crippen molar-refractivity contribution in [1.29, 1.82) is 0 Å². The molecule has 1 aromatic carbocycles. The van der Waals surface area contributed by atoms with E-state index in [1.165, 1.54) is 0 Å². The zero-order chi connectivity index (χ0) is 9.97. The Morgan fingerprint density at radius 2 is 1.67 bits per heavy atom. The van der Waals surface area contributed by atoms with Crippen LogP contribution in [0.15, 0.2) is 24.3 Å². The minimum absolute atomic E-state index is 0. The molecule has 0 aliphatic heterocycles. The lowest BCUT2D eigenvalue weighted by Gasteiger charge is -2.32. The summed E-state index contributed by atoms with van der Waals surface area (Å²) < 4.78 is 10.7. The Bertz CT molecular complexity index is 296. The molecule has 4 heteroatoms. The number of halogens is 1. The highest BCUT2D eigenvalue weighted by Gasteiger charge is 2.27. The molecule has 84 valence electrons. The molecule has 0 heterocycles. The van der Waals surface area contributed by atoms with Crippen LogP contribution in [0.4, 0.5) is 0 Å². The van der Waals surface area contributed by atoms with Crippen LogP contribution in [0, 0.1) is 0 Å². The van der Waals surface area contributed by atoms with Gasteiger partial charge in [0.2, 0.25) is 0 Å². The van der Waals surface area contributed by atoms with Gasteiger partial charge in [-0.2, -0.15) is 0 Å². The Kier molecular flexibility index (Phi) is 4.24. The van der Waals surface area contributed by atoms with Crippen LogP contribution in [-0.2, 0) is 0 Å². The molecule has 1 fully saturated rings. The highest BCUT2D eigenvalue weighted by Crippen LogP contribution is 2.25. The highest BCUT2D eigenvalue weighted by atomic mass is 35.5. The van der Waals surface area contributed by atoms with Gasteiger partial charge in [0.1, 0.15) is 17.6 Å². The molecule has 0 radical (unpaired) electrons.